The molecule has 0 saturated heterocycles. The molecule has 27 heavy (non-hydrogen) atoms. The lowest BCUT2D eigenvalue weighted by molar-refractivity contribution is -0.146. The third-order valence-corrected chi connectivity index (χ3v) is 8.89. The third-order valence-electron chi connectivity index (χ3n) is 8.89. The summed E-state index contributed by atoms with van der Waals surface area (Å²) in [5.41, 5.74) is 6.62. The summed E-state index contributed by atoms with van der Waals surface area (Å²) in [5, 5.41) is 4.32. The van der Waals surface area contributed by atoms with Gasteiger partial charge in [-0.1, -0.05) is 19.0 Å². The van der Waals surface area contributed by atoms with Crippen molar-refractivity contribution in [2.75, 3.05) is 13.2 Å². The lowest BCUT2D eigenvalue weighted by atomic mass is 9.43. The van der Waals surface area contributed by atoms with Gasteiger partial charge in [-0.15, -0.1) is 0 Å². The Kier molecular flexibility index (Phi) is 4.94. The number of rotatable bonds is 4. The van der Waals surface area contributed by atoms with Crippen LogP contribution in [0.4, 0.5) is 0 Å². The summed E-state index contributed by atoms with van der Waals surface area (Å²) in [6, 6.07) is 0. The highest BCUT2D eigenvalue weighted by atomic mass is 16.6. The minimum absolute atomic E-state index is 0.0781. The van der Waals surface area contributed by atoms with Crippen LogP contribution in [0.2, 0.25) is 0 Å². The number of hydrogen-bond acceptors (Lipinski definition) is 5. The number of fused-ring (bicyclic) bond motifs is 5. The molecule has 4 rings (SSSR count). The van der Waals surface area contributed by atoms with Crippen molar-refractivity contribution >= 4 is 17.8 Å². The van der Waals surface area contributed by atoms with Crippen molar-refractivity contribution in [3.63, 3.8) is 0 Å². The molecule has 0 bridgehead atoms. The molecule has 0 aromatic heterocycles. The molecular weight excluding hydrogens is 340 g/mol. The van der Waals surface area contributed by atoms with Crippen LogP contribution >= 0.6 is 0 Å². The van der Waals surface area contributed by atoms with E-state index < -0.39 is 0 Å². The molecule has 0 radical (unpaired) electrons. The molecule has 4 aliphatic carbocycles. The highest BCUT2D eigenvalue weighted by Crippen LogP contribution is 2.66. The van der Waals surface area contributed by atoms with Crippen molar-refractivity contribution < 1.29 is 14.4 Å². The SMILES string of the molecule is C[C@]12CC/C(=N\OCCN)CC1[C@@H](C=O)C[C@@H]1[C@@H]2CC[C@]2(C)C(=O)CC[C@@H]12. The first-order chi connectivity index (χ1) is 12.9. The van der Waals surface area contributed by atoms with E-state index in [4.69, 9.17) is 10.6 Å². The molecule has 0 aliphatic heterocycles. The highest BCUT2D eigenvalue weighted by Gasteiger charge is 2.62. The smallest absolute Gasteiger partial charge is 0.139 e. The fourth-order valence-corrected chi connectivity index (χ4v) is 7.40. The van der Waals surface area contributed by atoms with E-state index in [1.54, 1.807) is 0 Å². The maximum absolute atomic E-state index is 12.6. The molecule has 0 heterocycles. The Morgan fingerprint density at radius 2 is 2.00 bits per heavy atom. The minimum Gasteiger partial charge on any atom is -0.395 e. The molecule has 0 aromatic carbocycles. The van der Waals surface area contributed by atoms with Crippen LogP contribution in [0.15, 0.2) is 5.16 Å². The number of nitrogens with two attached hydrogens (primary N) is 1. The molecule has 5 heteroatoms. The van der Waals surface area contributed by atoms with Gasteiger partial charge in [-0.05, 0) is 74.0 Å². The number of nitrogens with zero attached hydrogens (tertiary/aromatic N) is 1. The molecule has 4 fully saturated rings. The summed E-state index contributed by atoms with van der Waals surface area (Å²) in [5.74, 6) is 2.54. The number of oxime groups is 1. The van der Waals surface area contributed by atoms with Gasteiger partial charge in [-0.2, -0.15) is 0 Å². The van der Waals surface area contributed by atoms with Crippen molar-refractivity contribution in [1.82, 2.24) is 0 Å². The van der Waals surface area contributed by atoms with Gasteiger partial charge in [0.15, 0.2) is 0 Å². The van der Waals surface area contributed by atoms with Crippen LogP contribution in [-0.4, -0.2) is 30.9 Å². The second-order valence-electron chi connectivity index (χ2n) is 9.93. The monoisotopic (exact) mass is 374 g/mol. The van der Waals surface area contributed by atoms with E-state index in [1.165, 1.54) is 6.29 Å². The highest BCUT2D eigenvalue weighted by molar-refractivity contribution is 5.87. The number of carbonyl (C=O) groups is 2. The van der Waals surface area contributed by atoms with Gasteiger partial charge in [0.05, 0.1) is 5.71 Å². The van der Waals surface area contributed by atoms with Gasteiger partial charge in [-0.3, -0.25) is 4.79 Å². The largest absolute Gasteiger partial charge is 0.395 e. The van der Waals surface area contributed by atoms with E-state index in [0.29, 0.717) is 42.6 Å². The van der Waals surface area contributed by atoms with E-state index in [0.717, 1.165) is 57.1 Å². The zero-order valence-corrected chi connectivity index (χ0v) is 16.8. The van der Waals surface area contributed by atoms with Crippen LogP contribution in [-0.2, 0) is 14.4 Å². The Morgan fingerprint density at radius 1 is 1.19 bits per heavy atom. The topological polar surface area (TPSA) is 81.8 Å². The molecule has 4 saturated carbocycles. The molecule has 5 nitrogen and oxygen atoms in total. The zero-order valence-electron chi connectivity index (χ0n) is 16.8. The minimum atomic E-state index is -0.130. The fourth-order valence-electron chi connectivity index (χ4n) is 7.40. The summed E-state index contributed by atoms with van der Waals surface area (Å²) < 4.78 is 0. The van der Waals surface area contributed by atoms with Gasteiger partial charge < -0.3 is 15.4 Å². The van der Waals surface area contributed by atoms with Crippen LogP contribution < -0.4 is 5.73 Å². The van der Waals surface area contributed by atoms with E-state index >= 15 is 0 Å². The van der Waals surface area contributed by atoms with Gasteiger partial charge >= 0.3 is 0 Å². The lowest BCUT2D eigenvalue weighted by Gasteiger charge is -2.61. The Hall–Kier alpha value is -1.23. The summed E-state index contributed by atoms with van der Waals surface area (Å²) >= 11 is 0. The predicted molar refractivity (Wildman–Crippen MR) is 104 cm³/mol. The molecule has 4 aliphatic rings. The second-order valence-corrected chi connectivity index (χ2v) is 9.93. The van der Waals surface area contributed by atoms with Gasteiger partial charge in [0.1, 0.15) is 18.7 Å². The molecule has 0 aromatic rings. The zero-order chi connectivity index (χ0) is 19.2. The quantitative estimate of drug-likeness (QED) is 0.465. The van der Waals surface area contributed by atoms with Crippen molar-refractivity contribution in [2.45, 2.75) is 65.2 Å². The van der Waals surface area contributed by atoms with Crippen molar-refractivity contribution in [1.29, 1.82) is 0 Å². The Bertz CT molecular complexity index is 647. The average Bonchev–Trinajstić information content (AvgIpc) is 2.96. The number of aldehydes is 1. The summed E-state index contributed by atoms with van der Waals surface area (Å²) in [6.45, 7) is 5.54. The van der Waals surface area contributed by atoms with Crippen LogP contribution in [0.25, 0.3) is 0 Å². The summed E-state index contributed by atoms with van der Waals surface area (Å²) in [6.07, 6.45) is 9.00. The molecular formula is C22H34N2O3. The molecule has 0 spiro atoms. The maximum atomic E-state index is 12.6. The van der Waals surface area contributed by atoms with Crippen LogP contribution in [0.3, 0.4) is 0 Å². The van der Waals surface area contributed by atoms with Crippen molar-refractivity contribution in [3.05, 3.63) is 0 Å². The fraction of sp³-hybridized carbons (Fsp3) is 0.864. The third kappa shape index (κ3) is 2.88. The van der Waals surface area contributed by atoms with E-state index in [9.17, 15) is 9.59 Å². The first-order valence-electron chi connectivity index (χ1n) is 10.8. The Balaban J connectivity index is 1.60. The maximum Gasteiger partial charge on any atom is 0.139 e. The van der Waals surface area contributed by atoms with Gasteiger partial charge in [-0.25, -0.2) is 0 Å². The van der Waals surface area contributed by atoms with Crippen LogP contribution in [0.5, 0.6) is 0 Å². The number of hydrogen-bond donors (Lipinski definition) is 1. The Morgan fingerprint density at radius 3 is 2.74 bits per heavy atom. The van der Waals surface area contributed by atoms with Crippen LogP contribution in [0, 0.1) is 40.4 Å². The predicted octanol–water partition coefficient (Wildman–Crippen LogP) is 3.35. The first-order valence-corrected chi connectivity index (χ1v) is 10.8. The standard InChI is InChI=1S/C22H34N2O3/c1-21-7-5-15(24-27-10-9-23)12-19(21)14(13-25)11-16-17-3-4-20(26)22(17,2)8-6-18(16)21/h13-14,16-19H,3-12,23H2,1-2H3/b24-15+/t14-,16+,17+,18+,19?,21-,22+/m1/s1. The number of ketones is 1. The molecule has 0 amide bonds. The van der Waals surface area contributed by atoms with Crippen molar-refractivity contribution in [3.8, 4) is 0 Å². The van der Waals surface area contributed by atoms with E-state index in [1.807, 2.05) is 0 Å². The Labute approximate surface area is 162 Å². The summed E-state index contributed by atoms with van der Waals surface area (Å²) in [7, 11) is 0. The summed E-state index contributed by atoms with van der Waals surface area (Å²) in [4.78, 5) is 30.0. The second kappa shape index (κ2) is 6.98. The average molecular weight is 375 g/mol. The normalized spacial score (nSPS) is 47.9. The molecule has 150 valence electrons. The van der Waals surface area contributed by atoms with Gasteiger partial charge in [0.2, 0.25) is 0 Å². The van der Waals surface area contributed by atoms with E-state index in [-0.39, 0.29) is 16.7 Å². The van der Waals surface area contributed by atoms with Gasteiger partial charge in [0.25, 0.3) is 0 Å². The lowest BCUT2D eigenvalue weighted by Crippen LogP contribution is -2.56. The first kappa shape index (κ1) is 19.1. The van der Waals surface area contributed by atoms with Crippen LogP contribution in [0.1, 0.15) is 65.2 Å². The van der Waals surface area contributed by atoms with Crippen molar-refractivity contribution in [2.24, 2.45) is 51.3 Å². The number of carbonyl (C=O) groups excluding carboxylic acids is 2. The van der Waals surface area contributed by atoms with Gasteiger partial charge in [0, 0.05) is 24.3 Å². The number of Topliss-reactive ketones (excluding diaryl/α,β-unsaturated/α-hetero) is 1. The van der Waals surface area contributed by atoms with E-state index in [2.05, 4.69) is 19.0 Å². The molecule has 1 unspecified atom stereocenters. The molecule has 7 atom stereocenters. The molecule has 2 N–H and O–H groups in total.